The van der Waals surface area contributed by atoms with Crippen molar-refractivity contribution in [2.45, 2.75) is 23.7 Å². The van der Waals surface area contributed by atoms with Crippen molar-refractivity contribution < 1.29 is 20.1 Å². The molecule has 1 aromatic heterocycles. The molecule has 1 aliphatic rings. The van der Waals surface area contributed by atoms with Gasteiger partial charge in [0.1, 0.15) is 22.6 Å². The topological polar surface area (TPSA) is 82.8 Å². The molecule has 0 amide bonds. The summed E-state index contributed by atoms with van der Waals surface area (Å²) in [7, 11) is 0. The van der Waals surface area contributed by atoms with Gasteiger partial charge < -0.3 is 20.1 Å². The summed E-state index contributed by atoms with van der Waals surface area (Å²) in [6.45, 7) is 0. The summed E-state index contributed by atoms with van der Waals surface area (Å²) in [6, 6.07) is 3.43. The minimum atomic E-state index is -1.18. The van der Waals surface area contributed by atoms with E-state index in [0.717, 1.165) is 0 Å². The minimum Gasteiger partial charge on any atom is -0.475 e. The molecule has 3 N–H and O–H groups in total. The van der Waals surface area contributed by atoms with E-state index in [2.05, 4.69) is 20.9 Å². The molecule has 0 saturated carbocycles. The van der Waals surface area contributed by atoms with Crippen molar-refractivity contribution in [2.75, 3.05) is 5.75 Å². The molecule has 0 radical (unpaired) electrons. The van der Waals surface area contributed by atoms with Crippen LogP contribution in [0.15, 0.2) is 22.9 Å². The summed E-state index contributed by atoms with van der Waals surface area (Å²) in [4.78, 5) is 3.99. The van der Waals surface area contributed by atoms with Crippen molar-refractivity contribution in [1.82, 2.24) is 4.98 Å². The van der Waals surface area contributed by atoms with Gasteiger partial charge in [0.05, 0.1) is 12.3 Å². The zero-order valence-electron chi connectivity index (χ0n) is 8.73. The lowest BCUT2D eigenvalue weighted by Crippen LogP contribution is -2.50. The van der Waals surface area contributed by atoms with E-state index < -0.39 is 23.7 Å². The average molecular weight is 322 g/mol. The maximum Gasteiger partial charge on any atom is 0.173 e. The van der Waals surface area contributed by atoms with E-state index in [1.807, 2.05) is 0 Å². The maximum atomic E-state index is 9.74. The normalized spacial score (nSPS) is 33.4. The SMILES string of the molecule is O[C@@H]1[C@@H](O)[C@H](Oc2ccc(Br)nc2)SC[C@H]1O. The fraction of sp³-hybridized carbons (Fsp3) is 0.500. The number of aliphatic hydroxyl groups excluding tert-OH is 3. The summed E-state index contributed by atoms with van der Waals surface area (Å²) in [6.07, 6.45) is -1.69. The zero-order valence-corrected chi connectivity index (χ0v) is 11.1. The van der Waals surface area contributed by atoms with Crippen LogP contribution in [-0.2, 0) is 0 Å². The Morgan fingerprint density at radius 3 is 2.71 bits per heavy atom. The van der Waals surface area contributed by atoms with Crippen LogP contribution < -0.4 is 4.74 Å². The molecule has 0 aromatic carbocycles. The third kappa shape index (κ3) is 3.11. The third-order valence-corrected chi connectivity index (χ3v) is 4.11. The summed E-state index contributed by atoms with van der Waals surface area (Å²) in [5.74, 6) is 0.834. The highest BCUT2D eigenvalue weighted by molar-refractivity contribution is 9.10. The number of aliphatic hydroxyl groups is 3. The summed E-state index contributed by atoms with van der Waals surface area (Å²) in [5, 5.41) is 28.6. The number of halogens is 1. The van der Waals surface area contributed by atoms with Gasteiger partial charge in [0.15, 0.2) is 5.44 Å². The van der Waals surface area contributed by atoms with Crippen molar-refractivity contribution in [1.29, 1.82) is 0 Å². The van der Waals surface area contributed by atoms with E-state index in [0.29, 0.717) is 16.1 Å². The standard InChI is InChI=1S/C10H12BrNO4S/c11-7-2-1-5(3-12-7)16-10-9(15)8(14)6(13)4-17-10/h1-3,6,8-10,13-15H,4H2/t6-,8+,9-,10-/m1/s1. The smallest absolute Gasteiger partial charge is 0.173 e. The lowest BCUT2D eigenvalue weighted by molar-refractivity contribution is -0.0786. The zero-order chi connectivity index (χ0) is 12.4. The number of aromatic nitrogens is 1. The highest BCUT2D eigenvalue weighted by Crippen LogP contribution is 2.29. The lowest BCUT2D eigenvalue weighted by Gasteiger charge is -2.34. The molecular weight excluding hydrogens is 310 g/mol. The van der Waals surface area contributed by atoms with Crippen LogP contribution in [0.3, 0.4) is 0 Å². The predicted octanol–water partition coefficient (Wildman–Crippen LogP) is 0.378. The largest absolute Gasteiger partial charge is 0.475 e. The first kappa shape index (κ1) is 13.1. The fourth-order valence-corrected chi connectivity index (χ4v) is 2.80. The maximum absolute atomic E-state index is 9.74. The van der Waals surface area contributed by atoms with Crippen LogP contribution in [0.25, 0.3) is 0 Å². The minimum absolute atomic E-state index is 0.326. The number of ether oxygens (including phenoxy) is 1. The molecular formula is C10H12BrNO4S. The van der Waals surface area contributed by atoms with E-state index in [-0.39, 0.29) is 0 Å². The van der Waals surface area contributed by atoms with Gasteiger partial charge in [-0.3, -0.25) is 0 Å². The van der Waals surface area contributed by atoms with Crippen LogP contribution in [0.1, 0.15) is 0 Å². The van der Waals surface area contributed by atoms with Gasteiger partial charge in [0.2, 0.25) is 0 Å². The Balaban J connectivity index is 2.01. The van der Waals surface area contributed by atoms with Crippen LogP contribution in [-0.4, -0.2) is 49.8 Å². The van der Waals surface area contributed by atoms with Crippen molar-refractivity contribution >= 4 is 27.7 Å². The molecule has 1 aliphatic heterocycles. The molecule has 0 bridgehead atoms. The molecule has 4 atom stereocenters. The Hall–Kier alpha value is -0.340. The van der Waals surface area contributed by atoms with E-state index in [1.54, 1.807) is 12.1 Å². The highest BCUT2D eigenvalue weighted by atomic mass is 79.9. The van der Waals surface area contributed by atoms with Crippen molar-refractivity contribution in [3.05, 3.63) is 22.9 Å². The molecule has 94 valence electrons. The summed E-state index contributed by atoms with van der Waals surface area (Å²) < 4.78 is 6.19. The van der Waals surface area contributed by atoms with Gasteiger partial charge >= 0.3 is 0 Å². The molecule has 0 spiro atoms. The summed E-state index contributed by atoms with van der Waals surface area (Å²) in [5.41, 5.74) is -0.601. The monoisotopic (exact) mass is 321 g/mol. The van der Waals surface area contributed by atoms with Crippen molar-refractivity contribution in [2.24, 2.45) is 0 Å². The molecule has 0 unspecified atom stereocenters. The number of pyridine rings is 1. The fourth-order valence-electron chi connectivity index (χ4n) is 1.45. The van der Waals surface area contributed by atoms with E-state index >= 15 is 0 Å². The number of hydrogen-bond acceptors (Lipinski definition) is 6. The Morgan fingerprint density at radius 2 is 2.06 bits per heavy atom. The average Bonchev–Trinajstić information content (AvgIpc) is 2.33. The lowest BCUT2D eigenvalue weighted by atomic mass is 10.1. The molecule has 2 rings (SSSR count). The van der Waals surface area contributed by atoms with E-state index in [1.165, 1.54) is 18.0 Å². The third-order valence-electron chi connectivity index (χ3n) is 2.41. The molecule has 17 heavy (non-hydrogen) atoms. The molecule has 7 heteroatoms. The molecule has 1 aromatic rings. The number of nitrogens with zero attached hydrogens (tertiary/aromatic N) is 1. The van der Waals surface area contributed by atoms with Crippen LogP contribution in [0.2, 0.25) is 0 Å². The molecule has 1 fully saturated rings. The Morgan fingerprint density at radius 1 is 1.29 bits per heavy atom. The van der Waals surface area contributed by atoms with E-state index in [4.69, 9.17) is 4.74 Å². The molecule has 2 heterocycles. The van der Waals surface area contributed by atoms with Crippen LogP contribution in [0, 0.1) is 0 Å². The van der Waals surface area contributed by atoms with Gasteiger partial charge in [-0.25, -0.2) is 4.98 Å². The molecule has 5 nitrogen and oxygen atoms in total. The predicted molar refractivity (Wildman–Crippen MR) is 66.8 cm³/mol. The van der Waals surface area contributed by atoms with Gasteiger partial charge in [-0.15, -0.1) is 11.8 Å². The van der Waals surface area contributed by atoms with Crippen LogP contribution in [0.4, 0.5) is 0 Å². The van der Waals surface area contributed by atoms with Gasteiger partial charge in [0, 0.05) is 5.75 Å². The quantitative estimate of drug-likeness (QED) is 0.683. The number of thioether (sulfide) groups is 1. The van der Waals surface area contributed by atoms with Crippen molar-refractivity contribution in [3.8, 4) is 5.75 Å². The number of rotatable bonds is 2. The van der Waals surface area contributed by atoms with Crippen LogP contribution >= 0.6 is 27.7 Å². The summed E-state index contributed by atoms with van der Waals surface area (Å²) >= 11 is 4.47. The van der Waals surface area contributed by atoms with Crippen molar-refractivity contribution in [3.63, 3.8) is 0 Å². The van der Waals surface area contributed by atoms with Gasteiger partial charge in [-0.1, -0.05) is 0 Å². The number of hydrogen-bond donors (Lipinski definition) is 3. The van der Waals surface area contributed by atoms with Gasteiger partial charge in [-0.05, 0) is 28.1 Å². The van der Waals surface area contributed by atoms with Crippen LogP contribution in [0.5, 0.6) is 5.75 Å². The second kappa shape index (κ2) is 5.53. The first-order valence-corrected chi connectivity index (χ1v) is 6.86. The second-order valence-corrected chi connectivity index (χ2v) is 5.63. The Bertz CT molecular complexity index is 377. The highest BCUT2D eigenvalue weighted by Gasteiger charge is 2.38. The molecule has 0 aliphatic carbocycles. The molecule has 1 saturated heterocycles. The first-order valence-electron chi connectivity index (χ1n) is 5.02. The Kier molecular flexibility index (Phi) is 4.26. The first-order chi connectivity index (χ1) is 8.08. The van der Waals surface area contributed by atoms with Gasteiger partial charge in [0.25, 0.3) is 0 Å². The second-order valence-electron chi connectivity index (χ2n) is 3.68. The Labute approximate surface area is 111 Å². The van der Waals surface area contributed by atoms with Gasteiger partial charge in [-0.2, -0.15) is 0 Å². The van der Waals surface area contributed by atoms with E-state index in [9.17, 15) is 15.3 Å².